The van der Waals surface area contributed by atoms with E-state index in [2.05, 4.69) is 18.8 Å². The summed E-state index contributed by atoms with van der Waals surface area (Å²) in [6.07, 6.45) is 5.81. The molecule has 0 amide bonds. The van der Waals surface area contributed by atoms with E-state index in [1.165, 1.54) is 0 Å². The van der Waals surface area contributed by atoms with Crippen LogP contribution in [0.2, 0.25) is 0 Å². The van der Waals surface area contributed by atoms with Crippen LogP contribution in [0.15, 0.2) is 24.5 Å². The zero-order chi connectivity index (χ0) is 12.7. The minimum absolute atomic E-state index is 0.158. The highest BCUT2D eigenvalue weighted by Crippen LogP contribution is 2.26. The summed E-state index contributed by atoms with van der Waals surface area (Å²) in [5.41, 5.74) is 0.690. The Labute approximate surface area is 104 Å². The van der Waals surface area contributed by atoms with Gasteiger partial charge in [-0.1, -0.05) is 39.2 Å². The molecule has 0 saturated heterocycles. The summed E-state index contributed by atoms with van der Waals surface area (Å²) in [6.45, 7) is 4.19. The third kappa shape index (κ3) is 4.10. The van der Waals surface area contributed by atoms with Gasteiger partial charge in [0.1, 0.15) is 6.10 Å². The molecule has 0 saturated carbocycles. The Balaban J connectivity index is 2.63. The van der Waals surface area contributed by atoms with Gasteiger partial charge in [0.2, 0.25) is 0 Å². The molecule has 1 aromatic rings. The molecule has 2 N–H and O–H groups in total. The van der Waals surface area contributed by atoms with Crippen molar-refractivity contribution < 1.29 is 10.2 Å². The molecule has 1 rings (SSSR count). The highest BCUT2D eigenvalue weighted by atomic mass is 16.3. The van der Waals surface area contributed by atoms with E-state index in [-0.39, 0.29) is 5.92 Å². The summed E-state index contributed by atoms with van der Waals surface area (Å²) in [4.78, 5) is 3.96. The summed E-state index contributed by atoms with van der Waals surface area (Å²) in [6, 6.07) is 3.58. The van der Waals surface area contributed by atoms with Crippen molar-refractivity contribution in [2.24, 2.45) is 5.92 Å². The van der Waals surface area contributed by atoms with Crippen LogP contribution in [-0.4, -0.2) is 21.3 Å². The number of hydrogen-bond acceptors (Lipinski definition) is 3. The SMILES string of the molecule is CCCCC(CC)C(O)C(O)c1cccnc1. The van der Waals surface area contributed by atoms with Gasteiger partial charge in [0.15, 0.2) is 0 Å². The van der Waals surface area contributed by atoms with E-state index in [0.717, 1.165) is 25.7 Å². The maximum Gasteiger partial charge on any atom is 0.107 e. The van der Waals surface area contributed by atoms with Crippen LogP contribution in [0.1, 0.15) is 51.2 Å². The van der Waals surface area contributed by atoms with Crippen LogP contribution in [0.5, 0.6) is 0 Å². The van der Waals surface area contributed by atoms with Gasteiger partial charge < -0.3 is 10.2 Å². The lowest BCUT2D eigenvalue weighted by Gasteiger charge is -2.26. The second kappa shape index (κ2) is 7.41. The van der Waals surface area contributed by atoms with E-state index in [0.29, 0.717) is 5.56 Å². The lowest BCUT2D eigenvalue weighted by atomic mass is 9.88. The number of nitrogens with zero attached hydrogens (tertiary/aromatic N) is 1. The van der Waals surface area contributed by atoms with Gasteiger partial charge in [-0.05, 0) is 18.4 Å². The first-order valence-corrected chi connectivity index (χ1v) is 6.46. The molecular formula is C14H23NO2. The predicted molar refractivity (Wildman–Crippen MR) is 68.5 cm³/mol. The topological polar surface area (TPSA) is 53.4 Å². The number of rotatable bonds is 7. The standard InChI is InChI=1S/C14H23NO2/c1-3-5-7-11(4-2)13(16)14(17)12-8-6-9-15-10-12/h6,8-11,13-14,16-17H,3-5,7H2,1-2H3. The maximum atomic E-state index is 10.2. The van der Waals surface area contributed by atoms with Crippen LogP contribution < -0.4 is 0 Å². The molecule has 1 heterocycles. The highest BCUT2D eigenvalue weighted by Gasteiger charge is 2.25. The molecule has 3 atom stereocenters. The molecule has 3 unspecified atom stereocenters. The van der Waals surface area contributed by atoms with Crippen LogP contribution >= 0.6 is 0 Å². The molecule has 17 heavy (non-hydrogen) atoms. The van der Waals surface area contributed by atoms with E-state index in [9.17, 15) is 10.2 Å². The molecule has 0 aliphatic heterocycles. The molecular weight excluding hydrogens is 214 g/mol. The Bertz CT molecular complexity index is 302. The first-order valence-electron chi connectivity index (χ1n) is 6.46. The van der Waals surface area contributed by atoms with Crippen molar-refractivity contribution in [1.82, 2.24) is 4.98 Å². The molecule has 0 fully saturated rings. The molecule has 1 aromatic heterocycles. The summed E-state index contributed by atoms with van der Waals surface area (Å²) in [7, 11) is 0. The van der Waals surface area contributed by atoms with Crippen LogP contribution in [0.4, 0.5) is 0 Å². The fourth-order valence-electron chi connectivity index (χ4n) is 2.09. The monoisotopic (exact) mass is 237 g/mol. The zero-order valence-corrected chi connectivity index (χ0v) is 10.7. The van der Waals surface area contributed by atoms with E-state index in [4.69, 9.17) is 0 Å². The average Bonchev–Trinajstić information content (AvgIpc) is 2.39. The quantitative estimate of drug-likeness (QED) is 0.766. The number of aliphatic hydroxyl groups excluding tert-OH is 2. The average molecular weight is 237 g/mol. The van der Waals surface area contributed by atoms with Crippen molar-refractivity contribution in [3.05, 3.63) is 30.1 Å². The summed E-state index contributed by atoms with van der Waals surface area (Å²) in [5, 5.41) is 20.3. The van der Waals surface area contributed by atoms with Crippen LogP contribution in [0.3, 0.4) is 0 Å². The van der Waals surface area contributed by atoms with Crippen molar-refractivity contribution >= 4 is 0 Å². The Morgan fingerprint density at radius 3 is 2.59 bits per heavy atom. The lowest BCUT2D eigenvalue weighted by molar-refractivity contribution is -0.0228. The Hall–Kier alpha value is -0.930. The van der Waals surface area contributed by atoms with Gasteiger partial charge in [-0.15, -0.1) is 0 Å². The first-order chi connectivity index (χ1) is 8.20. The second-order valence-corrected chi connectivity index (χ2v) is 4.53. The Morgan fingerprint density at radius 1 is 1.29 bits per heavy atom. The van der Waals surface area contributed by atoms with Gasteiger partial charge >= 0.3 is 0 Å². The highest BCUT2D eigenvalue weighted by molar-refractivity contribution is 5.13. The molecule has 0 spiro atoms. The zero-order valence-electron chi connectivity index (χ0n) is 10.7. The molecule has 0 aliphatic rings. The van der Waals surface area contributed by atoms with E-state index in [1.807, 2.05) is 0 Å². The Kier molecular flexibility index (Phi) is 6.16. The molecule has 0 radical (unpaired) electrons. The third-order valence-electron chi connectivity index (χ3n) is 3.29. The summed E-state index contributed by atoms with van der Waals surface area (Å²) < 4.78 is 0. The fraction of sp³-hybridized carbons (Fsp3) is 0.643. The Morgan fingerprint density at radius 2 is 2.06 bits per heavy atom. The maximum absolute atomic E-state index is 10.2. The van der Waals surface area contributed by atoms with E-state index < -0.39 is 12.2 Å². The number of hydrogen-bond donors (Lipinski definition) is 2. The molecule has 3 nitrogen and oxygen atoms in total. The second-order valence-electron chi connectivity index (χ2n) is 4.53. The van der Waals surface area contributed by atoms with Gasteiger partial charge in [0.25, 0.3) is 0 Å². The van der Waals surface area contributed by atoms with Crippen molar-refractivity contribution in [3.8, 4) is 0 Å². The van der Waals surface area contributed by atoms with Crippen molar-refractivity contribution in [2.45, 2.75) is 51.7 Å². The van der Waals surface area contributed by atoms with E-state index in [1.54, 1.807) is 24.5 Å². The van der Waals surface area contributed by atoms with Gasteiger partial charge in [-0.25, -0.2) is 0 Å². The smallest absolute Gasteiger partial charge is 0.107 e. The van der Waals surface area contributed by atoms with Crippen molar-refractivity contribution in [1.29, 1.82) is 0 Å². The minimum Gasteiger partial charge on any atom is -0.390 e. The molecule has 0 aliphatic carbocycles. The number of pyridine rings is 1. The van der Waals surface area contributed by atoms with Gasteiger partial charge in [0.05, 0.1) is 6.10 Å². The molecule has 96 valence electrons. The first kappa shape index (κ1) is 14.1. The van der Waals surface area contributed by atoms with Crippen LogP contribution in [-0.2, 0) is 0 Å². The lowest BCUT2D eigenvalue weighted by Crippen LogP contribution is -2.27. The number of aliphatic hydroxyl groups is 2. The number of unbranched alkanes of at least 4 members (excludes halogenated alkanes) is 1. The minimum atomic E-state index is -0.828. The van der Waals surface area contributed by atoms with Crippen molar-refractivity contribution in [2.75, 3.05) is 0 Å². The van der Waals surface area contributed by atoms with Gasteiger partial charge in [0, 0.05) is 18.0 Å². The largest absolute Gasteiger partial charge is 0.390 e. The van der Waals surface area contributed by atoms with Gasteiger partial charge in [-0.3, -0.25) is 4.98 Å². The fourth-order valence-corrected chi connectivity index (χ4v) is 2.09. The van der Waals surface area contributed by atoms with Crippen molar-refractivity contribution in [3.63, 3.8) is 0 Å². The molecule has 0 bridgehead atoms. The predicted octanol–water partition coefficient (Wildman–Crippen LogP) is 2.69. The van der Waals surface area contributed by atoms with Gasteiger partial charge in [-0.2, -0.15) is 0 Å². The number of aromatic nitrogens is 1. The molecule has 0 aromatic carbocycles. The van der Waals surface area contributed by atoms with E-state index >= 15 is 0 Å². The normalized spacial score (nSPS) is 16.5. The van der Waals surface area contributed by atoms with Crippen LogP contribution in [0, 0.1) is 5.92 Å². The summed E-state index contributed by atoms with van der Waals surface area (Å²) in [5.74, 6) is 0.158. The van der Waals surface area contributed by atoms with Crippen LogP contribution in [0.25, 0.3) is 0 Å². The summed E-state index contributed by atoms with van der Waals surface area (Å²) >= 11 is 0. The molecule has 3 heteroatoms. The third-order valence-corrected chi connectivity index (χ3v) is 3.29.